The minimum absolute atomic E-state index is 0.000888. The fraction of sp³-hybridized carbons (Fsp3) is 0.333. The summed E-state index contributed by atoms with van der Waals surface area (Å²) in [6.07, 6.45) is 2.71. The van der Waals surface area contributed by atoms with Crippen LogP contribution in [-0.4, -0.2) is 34.8 Å². The van der Waals surface area contributed by atoms with E-state index in [-0.39, 0.29) is 13.0 Å². The molecule has 0 bridgehead atoms. The fourth-order valence-corrected chi connectivity index (χ4v) is 5.11. The molecule has 2 aliphatic rings. The fourth-order valence-electron chi connectivity index (χ4n) is 4.61. The molecule has 0 saturated heterocycles. The number of esters is 1. The highest BCUT2D eigenvalue weighted by molar-refractivity contribution is 9.10. The molecule has 0 N–H and O–H groups in total. The maximum atomic E-state index is 14.1. The lowest BCUT2D eigenvalue weighted by atomic mass is 9.65. The number of amides is 2. The van der Waals surface area contributed by atoms with Crippen molar-refractivity contribution in [2.45, 2.75) is 50.9 Å². The molecule has 2 aromatic rings. The summed E-state index contributed by atoms with van der Waals surface area (Å²) in [5.41, 5.74) is -0.598. The van der Waals surface area contributed by atoms with Crippen LogP contribution in [0.25, 0.3) is 0 Å². The molecule has 1 aliphatic heterocycles. The summed E-state index contributed by atoms with van der Waals surface area (Å²) in [5, 5.41) is 2.35. The molecule has 0 saturated carbocycles. The number of fused-ring (bicyclic) bond motifs is 2. The lowest BCUT2D eigenvalue weighted by Gasteiger charge is -2.38. The van der Waals surface area contributed by atoms with E-state index < -0.39 is 40.9 Å². The minimum Gasteiger partial charge on any atom is -0.460 e. The van der Waals surface area contributed by atoms with Crippen molar-refractivity contribution >= 4 is 57.0 Å². The van der Waals surface area contributed by atoms with E-state index in [9.17, 15) is 14.4 Å². The molecule has 0 aromatic heterocycles. The van der Waals surface area contributed by atoms with E-state index in [0.29, 0.717) is 15.7 Å². The Morgan fingerprint density at radius 2 is 1.94 bits per heavy atom. The number of anilines is 1. The van der Waals surface area contributed by atoms with Crippen LogP contribution in [0.15, 0.2) is 70.1 Å². The summed E-state index contributed by atoms with van der Waals surface area (Å²) >= 11 is 8.23. The van der Waals surface area contributed by atoms with Gasteiger partial charge >= 0.3 is 12.1 Å². The quantitative estimate of drug-likeness (QED) is 0.202. The van der Waals surface area contributed by atoms with Gasteiger partial charge in [0.2, 0.25) is 0 Å². The number of hydrogen-bond donors (Lipinski definition) is 0. The van der Waals surface area contributed by atoms with E-state index in [1.807, 2.05) is 30.3 Å². The number of halogens is 1. The SMILES string of the molecule is CC(C)(C)OC(=O)[C@@H]1C[C@@H](N=C=S)C=C[C@@]12C(=O)N(C(=O)OCc1ccccc1)c1ccc(Br)cc12. The first-order valence-electron chi connectivity index (χ1n) is 11.4. The summed E-state index contributed by atoms with van der Waals surface area (Å²) in [4.78, 5) is 46.0. The standard InChI is InChI=1S/C27H25BrN2O5S/c1-26(2,3)35-23(31)21-14-19(29-16-36)11-12-27(21)20-13-18(28)9-10-22(20)30(24(27)32)25(33)34-15-17-7-5-4-6-8-17/h4-13,19,21H,14-15H2,1-3H3/t19-,21-,27-/m0/s1. The van der Waals surface area contributed by atoms with E-state index in [1.165, 1.54) is 0 Å². The molecule has 4 rings (SSSR count). The van der Waals surface area contributed by atoms with Crippen molar-refractivity contribution in [2.24, 2.45) is 10.9 Å². The maximum Gasteiger partial charge on any atom is 0.421 e. The lowest BCUT2D eigenvalue weighted by Crippen LogP contribution is -2.52. The van der Waals surface area contributed by atoms with Gasteiger partial charge in [-0.05, 0) is 68.7 Å². The Morgan fingerprint density at radius 3 is 2.61 bits per heavy atom. The van der Waals surface area contributed by atoms with Crippen molar-refractivity contribution in [3.63, 3.8) is 0 Å². The number of ether oxygens (including phenoxy) is 2. The average molecular weight is 569 g/mol. The Balaban J connectivity index is 1.79. The first kappa shape index (κ1) is 25.9. The van der Waals surface area contributed by atoms with Crippen molar-refractivity contribution in [2.75, 3.05) is 4.90 Å². The third-order valence-corrected chi connectivity index (χ3v) is 6.71. The average Bonchev–Trinajstić information content (AvgIpc) is 3.06. The molecule has 1 heterocycles. The molecule has 1 spiro atoms. The summed E-state index contributed by atoms with van der Waals surface area (Å²) in [5.74, 6) is -2.09. The molecule has 2 aromatic carbocycles. The van der Waals surface area contributed by atoms with Crippen molar-refractivity contribution in [1.82, 2.24) is 0 Å². The second-order valence-corrected chi connectivity index (χ2v) is 10.8. The molecular weight excluding hydrogens is 544 g/mol. The summed E-state index contributed by atoms with van der Waals surface area (Å²) < 4.78 is 11.9. The van der Waals surface area contributed by atoms with Crippen LogP contribution in [0.1, 0.15) is 38.3 Å². The predicted octanol–water partition coefficient (Wildman–Crippen LogP) is 5.76. The molecule has 186 valence electrons. The number of benzene rings is 2. The van der Waals surface area contributed by atoms with Gasteiger partial charge in [-0.15, -0.1) is 0 Å². The summed E-state index contributed by atoms with van der Waals surface area (Å²) in [7, 11) is 0. The number of thiocarbonyl (C=S) groups is 1. The molecule has 0 unspecified atom stereocenters. The molecule has 1 aliphatic carbocycles. The van der Waals surface area contributed by atoms with E-state index in [1.54, 1.807) is 51.1 Å². The predicted molar refractivity (Wildman–Crippen MR) is 142 cm³/mol. The van der Waals surface area contributed by atoms with Crippen LogP contribution in [0, 0.1) is 5.92 Å². The third kappa shape index (κ3) is 4.91. The molecule has 9 heteroatoms. The molecular formula is C27H25BrN2O5S. The summed E-state index contributed by atoms with van der Waals surface area (Å²) in [6, 6.07) is 13.9. The smallest absolute Gasteiger partial charge is 0.421 e. The van der Waals surface area contributed by atoms with Gasteiger partial charge in [0.1, 0.15) is 17.6 Å². The van der Waals surface area contributed by atoms with Gasteiger partial charge in [0.25, 0.3) is 5.91 Å². The lowest BCUT2D eigenvalue weighted by molar-refractivity contribution is -0.164. The topological polar surface area (TPSA) is 85.3 Å². The normalized spacial score (nSPS) is 22.7. The maximum absolute atomic E-state index is 14.1. The highest BCUT2D eigenvalue weighted by Crippen LogP contribution is 2.52. The third-order valence-electron chi connectivity index (χ3n) is 6.11. The Bertz CT molecular complexity index is 1280. The Hall–Kier alpha value is -3.13. The van der Waals surface area contributed by atoms with Gasteiger partial charge in [-0.2, -0.15) is 0 Å². The largest absolute Gasteiger partial charge is 0.460 e. The van der Waals surface area contributed by atoms with Gasteiger partial charge in [-0.3, -0.25) is 9.59 Å². The molecule has 0 fully saturated rings. The molecule has 2 amide bonds. The van der Waals surface area contributed by atoms with Crippen LogP contribution < -0.4 is 4.90 Å². The first-order valence-corrected chi connectivity index (χ1v) is 12.6. The van der Waals surface area contributed by atoms with Gasteiger partial charge in [0.15, 0.2) is 0 Å². The number of imide groups is 1. The number of hydrogen-bond acceptors (Lipinski definition) is 7. The van der Waals surface area contributed by atoms with Gasteiger partial charge in [0.05, 0.1) is 22.8 Å². The number of carbonyl (C=O) groups is 3. The zero-order chi connectivity index (χ0) is 26.1. The van der Waals surface area contributed by atoms with Gasteiger partial charge in [-0.25, -0.2) is 14.7 Å². The van der Waals surface area contributed by atoms with Crippen molar-refractivity contribution in [3.8, 4) is 0 Å². The summed E-state index contributed by atoms with van der Waals surface area (Å²) in [6.45, 7) is 5.28. The number of carbonyl (C=O) groups excluding carboxylic acids is 3. The van der Waals surface area contributed by atoms with Crippen LogP contribution in [0.2, 0.25) is 0 Å². The number of isothiocyanates is 1. The number of nitrogens with zero attached hydrogens (tertiary/aromatic N) is 2. The molecule has 0 radical (unpaired) electrons. The van der Waals surface area contributed by atoms with Gasteiger partial charge in [-0.1, -0.05) is 58.4 Å². The monoisotopic (exact) mass is 568 g/mol. The molecule has 7 nitrogen and oxygen atoms in total. The highest BCUT2D eigenvalue weighted by atomic mass is 79.9. The Morgan fingerprint density at radius 1 is 1.22 bits per heavy atom. The van der Waals surface area contributed by atoms with Crippen LogP contribution in [-0.2, 0) is 31.1 Å². The van der Waals surface area contributed by atoms with Crippen LogP contribution in [0.4, 0.5) is 10.5 Å². The van der Waals surface area contributed by atoms with E-state index >= 15 is 0 Å². The van der Waals surface area contributed by atoms with E-state index in [0.717, 1.165) is 10.5 Å². The van der Waals surface area contributed by atoms with Crippen molar-refractivity contribution < 1.29 is 23.9 Å². The Labute approximate surface area is 223 Å². The first-order chi connectivity index (χ1) is 17.1. The zero-order valence-corrected chi connectivity index (χ0v) is 22.5. The van der Waals surface area contributed by atoms with Crippen LogP contribution in [0.5, 0.6) is 0 Å². The van der Waals surface area contributed by atoms with Gasteiger partial charge in [0, 0.05) is 4.47 Å². The highest BCUT2D eigenvalue weighted by Gasteiger charge is 2.60. The second kappa shape index (κ2) is 10.1. The van der Waals surface area contributed by atoms with E-state index in [2.05, 4.69) is 26.1 Å². The van der Waals surface area contributed by atoms with Crippen molar-refractivity contribution in [3.05, 3.63) is 76.3 Å². The number of aliphatic imine (C=N–C) groups is 1. The van der Waals surface area contributed by atoms with Gasteiger partial charge < -0.3 is 9.47 Å². The minimum atomic E-state index is -1.47. The molecule has 36 heavy (non-hydrogen) atoms. The zero-order valence-electron chi connectivity index (χ0n) is 20.1. The molecule has 3 atom stereocenters. The van der Waals surface area contributed by atoms with E-state index in [4.69, 9.17) is 21.7 Å². The van der Waals surface area contributed by atoms with Crippen molar-refractivity contribution in [1.29, 1.82) is 0 Å². The van der Waals surface area contributed by atoms with Crippen LogP contribution in [0.3, 0.4) is 0 Å². The van der Waals surface area contributed by atoms with Crippen LogP contribution >= 0.6 is 28.1 Å². The second-order valence-electron chi connectivity index (χ2n) is 9.68. The number of rotatable bonds is 4. The Kier molecular flexibility index (Phi) is 7.27.